The number of halogens is 1. The molecule has 0 saturated carbocycles. The average Bonchev–Trinajstić information content (AvgIpc) is 3.13. The zero-order valence-corrected chi connectivity index (χ0v) is 16.4. The zero-order chi connectivity index (χ0) is 17.3. The van der Waals surface area contributed by atoms with Crippen LogP contribution in [-0.4, -0.2) is 9.97 Å². The van der Waals surface area contributed by atoms with Gasteiger partial charge in [-0.1, -0.05) is 41.9 Å². The lowest BCUT2D eigenvalue weighted by Crippen LogP contribution is -2.08. The lowest BCUT2D eigenvalue weighted by atomic mass is 9.87. The molecule has 0 atom stereocenters. The third-order valence-electron chi connectivity index (χ3n) is 5.12. The Morgan fingerprint density at radius 1 is 0.833 bits per heavy atom. The third kappa shape index (κ3) is 2.98. The van der Waals surface area contributed by atoms with Crippen molar-refractivity contribution in [3.8, 4) is 0 Å². The molecule has 0 aliphatic rings. The zero-order valence-electron chi connectivity index (χ0n) is 14.8. The molecule has 24 heavy (non-hydrogen) atoms. The summed E-state index contributed by atoms with van der Waals surface area (Å²) in [6.07, 6.45) is 6.43. The van der Waals surface area contributed by atoms with E-state index < -0.39 is 0 Å². The van der Waals surface area contributed by atoms with E-state index >= 15 is 0 Å². The van der Waals surface area contributed by atoms with Crippen LogP contribution in [0.15, 0.2) is 41.1 Å². The SMILES string of the molecule is CCc1c[nH]c(C(c2ccc(Br)cc2)c2[nH]cc(CC)c2C)c1C. The predicted molar refractivity (Wildman–Crippen MR) is 105 cm³/mol. The van der Waals surface area contributed by atoms with Gasteiger partial charge in [-0.15, -0.1) is 0 Å². The second-order valence-electron chi connectivity index (χ2n) is 6.40. The molecule has 0 unspecified atom stereocenters. The predicted octanol–water partition coefficient (Wildman–Crippen LogP) is 6.03. The van der Waals surface area contributed by atoms with Gasteiger partial charge in [0.05, 0.1) is 5.92 Å². The monoisotopic (exact) mass is 384 g/mol. The Labute approximate surface area is 152 Å². The molecule has 126 valence electrons. The molecular weight excluding hydrogens is 360 g/mol. The minimum absolute atomic E-state index is 0.207. The van der Waals surface area contributed by atoms with Crippen molar-refractivity contribution in [1.29, 1.82) is 0 Å². The Bertz CT molecular complexity index is 776. The first-order valence-electron chi connectivity index (χ1n) is 8.65. The van der Waals surface area contributed by atoms with Crippen molar-refractivity contribution in [1.82, 2.24) is 9.97 Å². The Hall–Kier alpha value is -1.74. The van der Waals surface area contributed by atoms with Gasteiger partial charge in [-0.2, -0.15) is 0 Å². The number of aromatic nitrogens is 2. The fraction of sp³-hybridized carbons (Fsp3) is 0.333. The number of rotatable bonds is 5. The van der Waals surface area contributed by atoms with E-state index in [0.717, 1.165) is 17.3 Å². The molecule has 3 aromatic rings. The van der Waals surface area contributed by atoms with Crippen LogP contribution in [0.3, 0.4) is 0 Å². The van der Waals surface area contributed by atoms with Gasteiger partial charge < -0.3 is 9.97 Å². The van der Waals surface area contributed by atoms with Crippen molar-refractivity contribution < 1.29 is 0 Å². The van der Waals surface area contributed by atoms with Gasteiger partial charge in [-0.05, 0) is 66.6 Å². The smallest absolute Gasteiger partial charge is 0.0647 e. The number of hydrogen-bond acceptors (Lipinski definition) is 0. The van der Waals surface area contributed by atoms with Crippen LogP contribution >= 0.6 is 15.9 Å². The van der Waals surface area contributed by atoms with Crippen molar-refractivity contribution in [3.05, 3.63) is 80.3 Å². The first-order chi connectivity index (χ1) is 11.6. The highest BCUT2D eigenvalue weighted by Crippen LogP contribution is 2.36. The van der Waals surface area contributed by atoms with Crippen LogP contribution in [0.5, 0.6) is 0 Å². The van der Waals surface area contributed by atoms with Crippen LogP contribution in [0.25, 0.3) is 0 Å². The average molecular weight is 385 g/mol. The van der Waals surface area contributed by atoms with Crippen LogP contribution in [0.2, 0.25) is 0 Å². The van der Waals surface area contributed by atoms with Crippen LogP contribution < -0.4 is 0 Å². The Morgan fingerprint density at radius 2 is 1.29 bits per heavy atom. The fourth-order valence-corrected chi connectivity index (χ4v) is 3.84. The molecule has 0 bridgehead atoms. The molecule has 3 heteroatoms. The van der Waals surface area contributed by atoms with Crippen LogP contribution in [0.4, 0.5) is 0 Å². The molecular formula is C21H25BrN2. The van der Waals surface area contributed by atoms with E-state index in [-0.39, 0.29) is 5.92 Å². The minimum Gasteiger partial charge on any atom is -0.364 e. The molecule has 0 saturated heterocycles. The number of nitrogens with one attached hydrogen (secondary N) is 2. The van der Waals surface area contributed by atoms with Crippen molar-refractivity contribution in [2.75, 3.05) is 0 Å². The topological polar surface area (TPSA) is 31.6 Å². The van der Waals surface area contributed by atoms with E-state index in [1.165, 1.54) is 39.2 Å². The summed E-state index contributed by atoms with van der Waals surface area (Å²) >= 11 is 3.55. The number of benzene rings is 1. The van der Waals surface area contributed by atoms with Crippen LogP contribution in [0.1, 0.15) is 59.0 Å². The lowest BCUT2D eigenvalue weighted by molar-refractivity contribution is 0.876. The van der Waals surface area contributed by atoms with Crippen molar-refractivity contribution in [2.45, 2.75) is 46.5 Å². The molecule has 1 aromatic carbocycles. The first-order valence-corrected chi connectivity index (χ1v) is 9.45. The van der Waals surface area contributed by atoms with E-state index in [4.69, 9.17) is 0 Å². The summed E-state index contributed by atoms with van der Waals surface area (Å²) in [6.45, 7) is 8.89. The van der Waals surface area contributed by atoms with Crippen molar-refractivity contribution in [3.63, 3.8) is 0 Å². The van der Waals surface area contributed by atoms with Crippen molar-refractivity contribution in [2.24, 2.45) is 0 Å². The van der Waals surface area contributed by atoms with Gasteiger partial charge in [-0.25, -0.2) is 0 Å². The molecule has 2 nitrogen and oxygen atoms in total. The molecule has 0 fully saturated rings. The van der Waals surface area contributed by atoms with E-state index in [0.29, 0.717) is 0 Å². The van der Waals surface area contributed by atoms with Gasteiger partial charge in [-0.3, -0.25) is 0 Å². The number of aromatic amines is 2. The molecule has 3 rings (SSSR count). The van der Waals surface area contributed by atoms with E-state index in [9.17, 15) is 0 Å². The summed E-state index contributed by atoms with van der Waals surface area (Å²) in [5.41, 5.74) is 9.43. The number of hydrogen-bond donors (Lipinski definition) is 2. The summed E-state index contributed by atoms with van der Waals surface area (Å²) in [5.74, 6) is 0.207. The normalized spacial score (nSPS) is 11.4. The largest absolute Gasteiger partial charge is 0.364 e. The maximum atomic E-state index is 3.56. The molecule has 0 aliphatic carbocycles. The standard InChI is InChI=1S/C21H25BrN2/c1-5-15-11-23-20(13(15)3)19(17-7-9-18(22)10-8-17)21-14(4)16(6-2)12-24-21/h7-12,19,23-24H,5-6H2,1-4H3. The molecule has 0 radical (unpaired) electrons. The van der Waals surface area contributed by atoms with Crippen molar-refractivity contribution >= 4 is 15.9 Å². The van der Waals surface area contributed by atoms with E-state index in [1.807, 2.05) is 0 Å². The minimum atomic E-state index is 0.207. The highest BCUT2D eigenvalue weighted by molar-refractivity contribution is 9.10. The maximum Gasteiger partial charge on any atom is 0.0647 e. The second-order valence-corrected chi connectivity index (χ2v) is 7.31. The quantitative estimate of drug-likeness (QED) is 0.538. The van der Waals surface area contributed by atoms with Gasteiger partial charge in [0.1, 0.15) is 0 Å². The number of H-pyrrole nitrogens is 2. The lowest BCUT2D eigenvalue weighted by Gasteiger charge is -2.19. The van der Waals surface area contributed by atoms with Gasteiger partial charge in [0, 0.05) is 28.3 Å². The molecule has 0 amide bonds. The molecule has 0 spiro atoms. The van der Waals surface area contributed by atoms with E-state index in [1.54, 1.807) is 0 Å². The Morgan fingerprint density at radius 3 is 1.67 bits per heavy atom. The van der Waals surface area contributed by atoms with Crippen LogP contribution in [0, 0.1) is 13.8 Å². The summed E-state index contributed by atoms with van der Waals surface area (Å²) < 4.78 is 1.11. The third-order valence-corrected chi connectivity index (χ3v) is 5.65. The van der Waals surface area contributed by atoms with Gasteiger partial charge in [0.2, 0.25) is 0 Å². The molecule has 0 aliphatic heterocycles. The van der Waals surface area contributed by atoms with Gasteiger partial charge in [0.25, 0.3) is 0 Å². The molecule has 2 heterocycles. The van der Waals surface area contributed by atoms with Gasteiger partial charge in [0.15, 0.2) is 0 Å². The maximum absolute atomic E-state index is 3.56. The summed E-state index contributed by atoms with van der Waals surface area (Å²) in [5, 5.41) is 0. The Kier molecular flexibility index (Phi) is 5.00. The molecule has 2 N–H and O–H groups in total. The fourth-order valence-electron chi connectivity index (χ4n) is 3.58. The van der Waals surface area contributed by atoms with Crippen LogP contribution in [-0.2, 0) is 12.8 Å². The van der Waals surface area contributed by atoms with Gasteiger partial charge >= 0.3 is 0 Å². The highest BCUT2D eigenvalue weighted by atomic mass is 79.9. The molecule has 2 aromatic heterocycles. The Balaban J connectivity index is 2.18. The van der Waals surface area contributed by atoms with E-state index in [2.05, 4.69) is 90.3 Å². The highest BCUT2D eigenvalue weighted by Gasteiger charge is 2.24. The summed E-state index contributed by atoms with van der Waals surface area (Å²) in [7, 11) is 0. The second kappa shape index (κ2) is 7.02. The number of aryl methyl sites for hydroxylation is 2. The summed E-state index contributed by atoms with van der Waals surface area (Å²) in [4.78, 5) is 7.12. The summed E-state index contributed by atoms with van der Waals surface area (Å²) in [6, 6.07) is 8.68. The first kappa shape index (κ1) is 17.1.